The number of rotatable bonds is 9. The third-order valence-electron chi connectivity index (χ3n) is 9.41. The Balaban J connectivity index is 1.61. The van der Waals surface area contributed by atoms with Crippen molar-refractivity contribution in [2.45, 2.75) is 101 Å². The summed E-state index contributed by atoms with van der Waals surface area (Å²) in [6.07, 6.45) is 7.14. The Morgan fingerprint density at radius 1 is 1.06 bits per heavy atom. The van der Waals surface area contributed by atoms with E-state index in [4.69, 9.17) is 14.2 Å². The van der Waals surface area contributed by atoms with E-state index in [1.807, 2.05) is 13.8 Å². The number of methoxy groups -OCH3 is 1. The number of ether oxygens (including phenoxy) is 3. The Hall–Kier alpha value is -3.55. The molecule has 1 fully saturated rings. The van der Waals surface area contributed by atoms with E-state index in [0.717, 1.165) is 38.5 Å². The lowest BCUT2D eigenvalue weighted by atomic mass is 9.96. The maximum absolute atomic E-state index is 14.4. The summed E-state index contributed by atoms with van der Waals surface area (Å²) >= 11 is 0. The van der Waals surface area contributed by atoms with E-state index >= 15 is 0 Å². The molecule has 3 amide bonds. The van der Waals surface area contributed by atoms with Crippen molar-refractivity contribution in [3.8, 4) is 11.5 Å². The molecule has 0 radical (unpaired) electrons. The first-order valence-corrected chi connectivity index (χ1v) is 18.9. The minimum atomic E-state index is -3.99. The summed E-state index contributed by atoms with van der Waals surface area (Å²) in [6.45, 7) is 6.43. The van der Waals surface area contributed by atoms with Crippen molar-refractivity contribution in [2.75, 3.05) is 45.2 Å². The van der Waals surface area contributed by atoms with Gasteiger partial charge >= 0.3 is 6.03 Å². The second kappa shape index (κ2) is 17.9. The van der Waals surface area contributed by atoms with E-state index < -0.39 is 22.0 Å². The Morgan fingerprint density at radius 2 is 1.76 bits per heavy atom. The van der Waals surface area contributed by atoms with E-state index in [1.54, 1.807) is 48.0 Å². The average Bonchev–Trinajstić information content (AvgIpc) is 3.09. The molecule has 12 nitrogen and oxygen atoms in total. The summed E-state index contributed by atoms with van der Waals surface area (Å²) in [4.78, 5) is 30.8. The summed E-state index contributed by atoms with van der Waals surface area (Å²) in [6, 6.07) is 10.1. The van der Waals surface area contributed by atoms with Gasteiger partial charge in [0.1, 0.15) is 11.5 Å². The summed E-state index contributed by atoms with van der Waals surface area (Å²) in [7, 11) is -0.718. The molecule has 2 aromatic rings. The zero-order valence-electron chi connectivity index (χ0n) is 29.5. The predicted molar refractivity (Wildman–Crippen MR) is 189 cm³/mol. The molecule has 0 spiro atoms. The average molecular weight is 703 g/mol. The van der Waals surface area contributed by atoms with Crippen LogP contribution < -0.4 is 19.5 Å². The second-order valence-electron chi connectivity index (χ2n) is 13.5. The van der Waals surface area contributed by atoms with E-state index in [2.05, 4.69) is 10.0 Å². The Bertz CT molecular complexity index is 1480. The maximum Gasteiger partial charge on any atom is 0.317 e. The Kier molecular flexibility index (Phi) is 14.0. The smallest absolute Gasteiger partial charge is 0.317 e. The second-order valence-corrected chi connectivity index (χ2v) is 15.1. The van der Waals surface area contributed by atoms with Crippen molar-refractivity contribution >= 4 is 27.6 Å². The Labute approximate surface area is 291 Å². The van der Waals surface area contributed by atoms with Gasteiger partial charge in [0.2, 0.25) is 0 Å². The van der Waals surface area contributed by atoms with Gasteiger partial charge in [-0.15, -0.1) is 0 Å². The molecule has 3 N–H and O–H groups in total. The fourth-order valence-electron chi connectivity index (χ4n) is 6.30. The molecule has 0 saturated heterocycles. The largest absolute Gasteiger partial charge is 0.497 e. The van der Waals surface area contributed by atoms with Gasteiger partial charge in [-0.2, -0.15) is 0 Å². The molecule has 1 heterocycles. The molecular formula is C36H54N4O8S. The van der Waals surface area contributed by atoms with Crippen LogP contribution in [-0.4, -0.2) is 100 Å². The molecule has 4 rings (SSSR count). The normalized spacial score (nSPS) is 22.2. The van der Waals surface area contributed by atoms with Crippen LogP contribution in [0.2, 0.25) is 0 Å². The number of hydrogen-bond acceptors (Lipinski definition) is 8. The molecular weight excluding hydrogens is 648 g/mol. The van der Waals surface area contributed by atoms with Gasteiger partial charge in [0, 0.05) is 44.4 Å². The van der Waals surface area contributed by atoms with Crippen LogP contribution in [0, 0.1) is 5.92 Å². The van der Waals surface area contributed by atoms with E-state index in [9.17, 15) is 23.1 Å². The van der Waals surface area contributed by atoms with Crippen LogP contribution in [0.3, 0.4) is 0 Å². The fourth-order valence-corrected chi connectivity index (χ4v) is 7.35. The summed E-state index contributed by atoms with van der Waals surface area (Å²) < 4.78 is 46.9. The third kappa shape index (κ3) is 10.7. The van der Waals surface area contributed by atoms with Crippen LogP contribution in [0.15, 0.2) is 47.4 Å². The van der Waals surface area contributed by atoms with Crippen molar-refractivity contribution in [3.05, 3.63) is 48.0 Å². The number of urea groups is 1. The van der Waals surface area contributed by atoms with Crippen LogP contribution in [0.1, 0.15) is 82.5 Å². The lowest BCUT2D eigenvalue weighted by molar-refractivity contribution is -0.0123. The first-order chi connectivity index (χ1) is 23.4. The number of fused-ring (bicyclic) bond motifs is 1. The number of amides is 3. The maximum atomic E-state index is 14.4. The SMILES string of the molecule is COc1ccc(S(=O)(=O)Nc2ccc3c(c2)C(=O)N([C@@H](C)CO)C[C@@H](C)[C@H](CN(C)C(=O)NC2CCCCC2)OCCCC[C@@H](C)O3)cc1. The van der Waals surface area contributed by atoms with Crippen LogP contribution in [0.5, 0.6) is 11.5 Å². The van der Waals surface area contributed by atoms with E-state index in [0.29, 0.717) is 31.1 Å². The van der Waals surface area contributed by atoms with Crippen LogP contribution in [-0.2, 0) is 14.8 Å². The predicted octanol–water partition coefficient (Wildman–Crippen LogP) is 5.27. The van der Waals surface area contributed by atoms with Crippen molar-refractivity contribution in [3.63, 3.8) is 0 Å². The number of nitrogens with one attached hydrogen (secondary N) is 2. The number of anilines is 1. The number of likely N-dealkylation sites (N-methyl/N-ethyl adjacent to an activating group) is 1. The van der Waals surface area contributed by atoms with Gasteiger partial charge < -0.3 is 34.4 Å². The number of carbonyl (C=O) groups is 2. The summed E-state index contributed by atoms with van der Waals surface area (Å²) in [5.41, 5.74) is 0.365. The molecule has 4 atom stereocenters. The monoisotopic (exact) mass is 702 g/mol. The number of hydrogen-bond donors (Lipinski definition) is 3. The van der Waals surface area contributed by atoms with Gasteiger partial charge in [-0.25, -0.2) is 13.2 Å². The fraction of sp³-hybridized carbons (Fsp3) is 0.611. The molecule has 0 aromatic heterocycles. The van der Waals surface area contributed by atoms with Crippen LogP contribution in [0.25, 0.3) is 0 Å². The van der Waals surface area contributed by atoms with Crippen molar-refractivity contribution in [1.82, 2.24) is 15.1 Å². The van der Waals surface area contributed by atoms with Gasteiger partial charge in [-0.05, 0) is 88.4 Å². The number of benzene rings is 2. The first kappa shape index (κ1) is 38.3. The molecule has 1 saturated carbocycles. The molecule has 2 aromatic carbocycles. The quantitative estimate of drug-likeness (QED) is 0.321. The zero-order valence-corrected chi connectivity index (χ0v) is 30.3. The van der Waals surface area contributed by atoms with Gasteiger partial charge in [0.05, 0.1) is 42.4 Å². The number of aliphatic hydroxyl groups excluding tert-OH is 1. The highest BCUT2D eigenvalue weighted by Gasteiger charge is 2.31. The van der Waals surface area contributed by atoms with Gasteiger partial charge in [0.15, 0.2) is 0 Å². The molecule has 0 unspecified atom stereocenters. The highest BCUT2D eigenvalue weighted by molar-refractivity contribution is 7.92. The van der Waals surface area contributed by atoms with Gasteiger partial charge in [0.25, 0.3) is 15.9 Å². The molecule has 0 bridgehead atoms. The standard InChI is InChI=1S/C36H54N4O8S/c1-25-22-40(26(2)24-41)35(42)32-21-29(38-49(44,45)31-17-15-30(46-5)16-18-31)14-19-33(32)48-27(3)11-9-10-20-47-34(25)23-39(4)36(43)37-28-12-7-6-8-13-28/h14-19,21,25-28,34,38,41H,6-13,20,22-24H2,1-5H3,(H,37,43)/t25-,26+,27-,34+/m1/s1. The molecule has 1 aliphatic carbocycles. The highest BCUT2D eigenvalue weighted by Crippen LogP contribution is 2.30. The van der Waals surface area contributed by atoms with Crippen LogP contribution in [0.4, 0.5) is 10.5 Å². The highest BCUT2D eigenvalue weighted by atomic mass is 32.2. The topological polar surface area (TPSA) is 147 Å². The number of carbonyl (C=O) groups excluding carboxylic acids is 2. The molecule has 1 aliphatic heterocycles. The lowest BCUT2D eigenvalue weighted by Crippen LogP contribution is -2.50. The lowest BCUT2D eigenvalue weighted by Gasteiger charge is -2.36. The van der Waals surface area contributed by atoms with E-state index in [1.165, 1.54) is 31.7 Å². The summed E-state index contributed by atoms with van der Waals surface area (Å²) in [5, 5.41) is 13.4. The number of nitrogens with zero attached hydrogens (tertiary/aromatic N) is 2. The van der Waals surface area contributed by atoms with Gasteiger partial charge in [-0.1, -0.05) is 26.2 Å². The molecule has 272 valence electrons. The molecule has 2 aliphatic rings. The third-order valence-corrected chi connectivity index (χ3v) is 10.8. The number of aliphatic hydroxyl groups is 1. The zero-order chi connectivity index (χ0) is 35.6. The Morgan fingerprint density at radius 3 is 2.43 bits per heavy atom. The first-order valence-electron chi connectivity index (χ1n) is 17.4. The van der Waals surface area contributed by atoms with Crippen molar-refractivity contribution in [1.29, 1.82) is 0 Å². The molecule has 13 heteroatoms. The van der Waals surface area contributed by atoms with E-state index in [-0.39, 0.29) is 59.5 Å². The van der Waals surface area contributed by atoms with Crippen molar-refractivity contribution in [2.24, 2.45) is 5.92 Å². The van der Waals surface area contributed by atoms with Gasteiger partial charge in [-0.3, -0.25) is 9.52 Å². The summed E-state index contributed by atoms with van der Waals surface area (Å²) in [5.74, 6) is 0.222. The number of sulfonamides is 1. The van der Waals surface area contributed by atoms with Crippen LogP contribution >= 0.6 is 0 Å². The minimum absolute atomic E-state index is 0.0392. The van der Waals surface area contributed by atoms with Crippen molar-refractivity contribution < 1.29 is 37.3 Å². The molecule has 49 heavy (non-hydrogen) atoms. The minimum Gasteiger partial charge on any atom is -0.497 e.